The first-order valence-electron chi connectivity index (χ1n) is 13.8. The Hall–Kier alpha value is -2.34. The van der Waals surface area contributed by atoms with Crippen LogP contribution >= 0.6 is 23.5 Å². The Morgan fingerprint density at radius 2 is 1.85 bits per heavy atom. The van der Waals surface area contributed by atoms with Gasteiger partial charge in [-0.3, -0.25) is 9.21 Å². The normalized spacial score (nSPS) is 22.6. The summed E-state index contributed by atoms with van der Waals surface area (Å²) in [5.74, 6) is 0.977. The fourth-order valence-corrected chi connectivity index (χ4v) is 7.13. The Morgan fingerprint density at radius 3 is 2.50 bits per heavy atom. The molecule has 3 saturated heterocycles. The van der Waals surface area contributed by atoms with E-state index in [4.69, 9.17) is 11.6 Å². The first-order valence-corrected chi connectivity index (χ1v) is 15.4. The number of fused-ring (bicyclic) bond motifs is 3. The summed E-state index contributed by atoms with van der Waals surface area (Å²) < 4.78 is 45.7. The summed E-state index contributed by atoms with van der Waals surface area (Å²) in [6.45, 7) is 3.80. The second-order valence-corrected chi connectivity index (χ2v) is 12.3. The predicted octanol–water partition coefficient (Wildman–Crippen LogP) is 6.53. The van der Waals surface area contributed by atoms with Gasteiger partial charge in [0.15, 0.2) is 0 Å². The first kappa shape index (κ1) is 27.8. The van der Waals surface area contributed by atoms with Crippen LogP contribution < -0.4 is 5.32 Å². The fraction of sp³-hybridized carbons (Fsp3) is 0.536. The van der Waals surface area contributed by atoms with E-state index in [-0.39, 0.29) is 23.4 Å². The summed E-state index contributed by atoms with van der Waals surface area (Å²) in [6.07, 6.45) is 8.23. The maximum Gasteiger partial charge on any atom is 0.420 e. The summed E-state index contributed by atoms with van der Waals surface area (Å²) in [5, 5.41) is 3.76. The van der Waals surface area contributed by atoms with Crippen molar-refractivity contribution >= 4 is 29.5 Å². The minimum absolute atomic E-state index is 0.1000. The van der Waals surface area contributed by atoms with E-state index in [2.05, 4.69) is 29.5 Å². The molecule has 40 heavy (non-hydrogen) atoms. The van der Waals surface area contributed by atoms with Crippen molar-refractivity contribution in [3.05, 3.63) is 53.1 Å². The molecule has 1 saturated carbocycles. The van der Waals surface area contributed by atoms with Crippen LogP contribution in [0.25, 0.3) is 17.1 Å². The average molecular weight is 592 g/mol. The average Bonchev–Trinajstić information content (AvgIpc) is 3.44. The molecule has 7 nitrogen and oxygen atoms in total. The lowest BCUT2D eigenvalue weighted by atomic mass is 9.80. The molecule has 0 unspecified atom stereocenters. The van der Waals surface area contributed by atoms with Crippen molar-refractivity contribution < 1.29 is 13.2 Å². The number of nitrogens with zero attached hydrogens (tertiary/aromatic N) is 6. The number of anilines is 1. The van der Waals surface area contributed by atoms with E-state index >= 15 is 0 Å². The highest BCUT2D eigenvalue weighted by Gasteiger charge is 2.37. The highest BCUT2D eigenvalue weighted by molar-refractivity contribution is 7.96. The molecule has 3 aromatic rings. The van der Waals surface area contributed by atoms with Crippen LogP contribution in [0.5, 0.6) is 0 Å². The summed E-state index contributed by atoms with van der Waals surface area (Å²) in [7, 11) is 0. The van der Waals surface area contributed by atoms with E-state index in [1.54, 1.807) is 22.7 Å². The number of piperidine rings is 3. The summed E-state index contributed by atoms with van der Waals surface area (Å²) in [6, 6.07) is 6.65. The zero-order valence-corrected chi connectivity index (χ0v) is 23.9. The molecular weight excluding hydrogens is 559 g/mol. The number of halogens is 4. The van der Waals surface area contributed by atoms with Gasteiger partial charge in [0.25, 0.3) is 0 Å². The number of benzene rings is 1. The number of hydrogen-bond donors (Lipinski definition) is 1. The van der Waals surface area contributed by atoms with E-state index in [9.17, 15) is 13.2 Å². The lowest BCUT2D eigenvalue weighted by Gasteiger charge is -2.45. The Kier molecular flexibility index (Phi) is 8.00. The number of alkyl halides is 3. The summed E-state index contributed by atoms with van der Waals surface area (Å²) in [5.41, 5.74) is 0.733. The molecule has 0 amide bonds. The zero-order chi connectivity index (χ0) is 27.9. The van der Waals surface area contributed by atoms with Gasteiger partial charge in [-0.1, -0.05) is 29.6 Å². The van der Waals surface area contributed by atoms with Gasteiger partial charge < -0.3 is 9.88 Å². The third-order valence-electron chi connectivity index (χ3n) is 8.47. The maximum atomic E-state index is 13.9. The van der Waals surface area contributed by atoms with Gasteiger partial charge in [-0.15, -0.1) is 0 Å². The summed E-state index contributed by atoms with van der Waals surface area (Å²) >= 11 is 8.38. The van der Waals surface area contributed by atoms with Crippen LogP contribution in [0.4, 0.5) is 19.1 Å². The smallest absolute Gasteiger partial charge is 0.351 e. The van der Waals surface area contributed by atoms with Crippen LogP contribution in [0.15, 0.2) is 36.9 Å². The van der Waals surface area contributed by atoms with Crippen molar-refractivity contribution in [2.45, 2.75) is 63.3 Å². The monoisotopic (exact) mass is 591 g/mol. The van der Waals surface area contributed by atoms with Gasteiger partial charge in [-0.25, -0.2) is 15.0 Å². The molecule has 5 heterocycles. The van der Waals surface area contributed by atoms with Crippen LogP contribution in [0.2, 0.25) is 5.02 Å². The number of nitrogens with one attached hydrogen (secondary N) is 1. The van der Waals surface area contributed by atoms with Gasteiger partial charge in [0, 0.05) is 50.7 Å². The number of aromatic nitrogens is 4. The lowest BCUT2D eigenvalue weighted by molar-refractivity contribution is -0.137. The lowest BCUT2D eigenvalue weighted by Crippen LogP contribution is -2.47. The quantitative estimate of drug-likeness (QED) is 0.313. The van der Waals surface area contributed by atoms with Crippen molar-refractivity contribution in [2.24, 2.45) is 5.92 Å². The number of hydrogen-bond acceptors (Lipinski definition) is 7. The van der Waals surface area contributed by atoms with Crippen LogP contribution in [0, 0.1) is 5.92 Å². The zero-order valence-electron chi connectivity index (χ0n) is 22.4. The van der Waals surface area contributed by atoms with Crippen LogP contribution in [-0.2, 0) is 12.7 Å². The molecule has 0 atom stereocenters. The van der Waals surface area contributed by atoms with Crippen molar-refractivity contribution in [3.63, 3.8) is 0 Å². The first-order chi connectivity index (χ1) is 19.3. The molecule has 2 bridgehead atoms. The van der Waals surface area contributed by atoms with Crippen molar-refractivity contribution in [2.75, 3.05) is 31.2 Å². The molecule has 0 radical (unpaired) electrons. The fourth-order valence-electron chi connectivity index (χ4n) is 6.26. The molecule has 214 valence electrons. The summed E-state index contributed by atoms with van der Waals surface area (Å²) in [4.78, 5) is 15.1. The largest absolute Gasteiger partial charge is 0.420 e. The minimum Gasteiger partial charge on any atom is -0.351 e. The number of rotatable bonds is 7. The Labute approximate surface area is 241 Å². The third kappa shape index (κ3) is 5.98. The van der Waals surface area contributed by atoms with Gasteiger partial charge >= 0.3 is 6.18 Å². The topological polar surface area (TPSA) is 62.1 Å². The standard InChI is InChI=1S/C28H33ClF3N7S/c1-40-39-10-8-20(9-11-39)35-27-33-13-22(28(30,31)32)26(36-27)24-16-38(17-34-24)25-7-4-19(12-23(25)29)15-37-14-18-2-5-21(37)6-3-18/h4,7,12-13,16-18,20-21H,2-3,5-6,8-11,14-15H2,1H3,(H,33,35,36). The molecular formula is C28H33ClF3N7S. The highest BCUT2D eigenvalue weighted by atomic mass is 35.5. The van der Waals surface area contributed by atoms with E-state index in [1.165, 1.54) is 32.0 Å². The minimum atomic E-state index is -4.62. The molecule has 7 rings (SSSR count). The molecule has 4 fully saturated rings. The SMILES string of the molecule is CSN1CCC(Nc2ncc(C(F)(F)F)c(-c3cn(-c4ccc(CN5CC6CCC5CC6)cc4Cl)cn3)n2)CC1. The molecule has 1 N–H and O–H groups in total. The highest BCUT2D eigenvalue weighted by Crippen LogP contribution is 2.38. The van der Waals surface area contributed by atoms with Crippen LogP contribution in [-0.4, -0.2) is 66.7 Å². The van der Waals surface area contributed by atoms with Gasteiger partial charge in [0.1, 0.15) is 23.3 Å². The van der Waals surface area contributed by atoms with Crippen molar-refractivity contribution in [3.8, 4) is 17.1 Å². The molecule has 3 aliphatic heterocycles. The van der Waals surface area contributed by atoms with Crippen molar-refractivity contribution in [1.29, 1.82) is 0 Å². The van der Waals surface area contributed by atoms with Crippen LogP contribution in [0.1, 0.15) is 49.7 Å². The second kappa shape index (κ2) is 11.5. The van der Waals surface area contributed by atoms with Crippen molar-refractivity contribution in [1.82, 2.24) is 28.7 Å². The molecule has 1 aromatic carbocycles. The van der Waals surface area contributed by atoms with E-state index in [0.29, 0.717) is 16.8 Å². The third-order valence-corrected chi connectivity index (χ3v) is 9.65. The maximum absolute atomic E-state index is 13.9. The van der Waals surface area contributed by atoms with E-state index in [0.717, 1.165) is 56.7 Å². The second-order valence-electron chi connectivity index (χ2n) is 11.0. The Balaban J connectivity index is 1.22. The van der Waals surface area contributed by atoms with Gasteiger partial charge in [-0.05, 0) is 68.4 Å². The Morgan fingerprint density at radius 1 is 1.07 bits per heavy atom. The van der Waals surface area contributed by atoms with Gasteiger partial charge in [0.2, 0.25) is 5.95 Å². The van der Waals surface area contributed by atoms with Gasteiger partial charge in [-0.2, -0.15) is 13.2 Å². The predicted molar refractivity (Wildman–Crippen MR) is 152 cm³/mol. The molecule has 1 aliphatic carbocycles. The molecule has 0 spiro atoms. The van der Waals surface area contributed by atoms with E-state index < -0.39 is 11.7 Å². The van der Waals surface area contributed by atoms with Gasteiger partial charge in [0.05, 0.1) is 10.7 Å². The molecule has 4 aliphatic rings. The Bertz CT molecular complexity index is 1330. The number of imidazole rings is 1. The van der Waals surface area contributed by atoms with E-state index in [1.807, 2.05) is 24.5 Å². The molecule has 2 aromatic heterocycles. The van der Waals surface area contributed by atoms with Crippen LogP contribution in [0.3, 0.4) is 0 Å². The molecule has 12 heteroatoms.